The zero-order valence-electron chi connectivity index (χ0n) is 14.0. The molecule has 0 saturated carbocycles. The molecular weight excluding hydrogens is 324 g/mol. The van der Waals surface area contributed by atoms with Gasteiger partial charge in [0.05, 0.1) is 17.5 Å². The van der Waals surface area contributed by atoms with E-state index in [4.69, 9.17) is 9.47 Å². The maximum atomic E-state index is 12.1. The predicted molar refractivity (Wildman–Crippen MR) is 88.4 cm³/mol. The largest absolute Gasteiger partial charge is 0.451 e. The van der Waals surface area contributed by atoms with Crippen LogP contribution in [0.4, 0.5) is 0 Å². The lowest BCUT2D eigenvalue weighted by Crippen LogP contribution is -2.34. The zero-order chi connectivity index (χ0) is 17.6. The van der Waals surface area contributed by atoms with Crippen LogP contribution in [0.5, 0.6) is 0 Å². The third-order valence-corrected chi connectivity index (χ3v) is 3.85. The molecule has 0 aliphatic carbocycles. The lowest BCUT2D eigenvalue weighted by atomic mass is 10.2. The Bertz CT molecular complexity index is 738. The van der Waals surface area contributed by atoms with E-state index in [9.17, 15) is 9.59 Å². The summed E-state index contributed by atoms with van der Waals surface area (Å²) >= 11 is 0. The second-order valence-corrected chi connectivity index (χ2v) is 5.77. The van der Waals surface area contributed by atoms with Crippen molar-refractivity contribution < 1.29 is 19.1 Å². The van der Waals surface area contributed by atoms with Gasteiger partial charge in [0.15, 0.2) is 12.3 Å². The van der Waals surface area contributed by atoms with E-state index in [1.54, 1.807) is 6.92 Å². The highest BCUT2D eigenvalue weighted by molar-refractivity contribution is 5.90. The average molecular weight is 344 g/mol. The normalized spacial score (nSPS) is 16.6. The van der Waals surface area contributed by atoms with Crippen molar-refractivity contribution in [3.63, 3.8) is 0 Å². The van der Waals surface area contributed by atoms with Crippen LogP contribution in [0.3, 0.4) is 0 Å². The van der Waals surface area contributed by atoms with E-state index in [-0.39, 0.29) is 24.3 Å². The summed E-state index contributed by atoms with van der Waals surface area (Å²) in [6, 6.07) is 9.24. The number of nitrogens with one attached hydrogen (secondary N) is 1. The van der Waals surface area contributed by atoms with Gasteiger partial charge in [-0.15, -0.1) is 5.10 Å². The topological polar surface area (TPSA) is 95.3 Å². The molecule has 1 saturated heterocycles. The van der Waals surface area contributed by atoms with Crippen molar-refractivity contribution in [2.75, 3.05) is 19.8 Å². The minimum Gasteiger partial charge on any atom is -0.451 e. The summed E-state index contributed by atoms with van der Waals surface area (Å²) in [4.78, 5) is 25.3. The molecule has 2 aromatic rings. The molecule has 1 aromatic carbocycles. The highest BCUT2D eigenvalue weighted by atomic mass is 16.5. The van der Waals surface area contributed by atoms with Gasteiger partial charge in [-0.2, -0.15) is 9.90 Å². The molecule has 0 spiro atoms. The van der Waals surface area contributed by atoms with Crippen LogP contribution < -0.4 is 5.32 Å². The Labute approximate surface area is 145 Å². The van der Waals surface area contributed by atoms with Gasteiger partial charge in [0.1, 0.15) is 0 Å². The number of hydrogen-bond donors (Lipinski definition) is 1. The first-order valence-electron chi connectivity index (χ1n) is 8.18. The van der Waals surface area contributed by atoms with Gasteiger partial charge in [-0.3, -0.25) is 4.79 Å². The molecular formula is C17H20N4O4. The minimum atomic E-state index is -0.674. The summed E-state index contributed by atoms with van der Waals surface area (Å²) in [5, 5.41) is 11.0. The molecule has 1 aromatic heterocycles. The van der Waals surface area contributed by atoms with Crippen LogP contribution in [0.25, 0.3) is 5.69 Å². The Morgan fingerprint density at radius 2 is 2.12 bits per heavy atom. The highest BCUT2D eigenvalue weighted by Gasteiger charge is 2.20. The Morgan fingerprint density at radius 3 is 2.84 bits per heavy atom. The van der Waals surface area contributed by atoms with Crippen LogP contribution in [0.15, 0.2) is 30.3 Å². The zero-order valence-corrected chi connectivity index (χ0v) is 14.0. The van der Waals surface area contributed by atoms with Crippen LogP contribution in [0.2, 0.25) is 0 Å². The van der Waals surface area contributed by atoms with Crippen LogP contribution in [0.1, 0.15) is 29.0 Å². The number of carbonyl (C=O) groups excluding carboxylic acids is 2. The standard InChI is InChI=1S/C17H20N4O4/c1-12-16(20-21(19-12)13-6-3-2-4-7-13)17(23)25-11-15(22)18-10-14-8-5-9-24-14/h2-4,6-7,14H,5,8-11H2,1H3,(H,18,22)/t14-/m1/s1. The van der Waals surface area contributed by atoms with E-state index in [2.05, 4.69) is 15.5 Å². The fourth-order valence-electron chi connectivity index (χ4n) is 2.53. The number of amides is 1. The number of aromatic nitrogens is 3. The number of para-hydroxylation sites is 1. The fourth-order valence-corrected chi connectivity index (χ4v) is 2.53. The van der Waals surface area contributed by atoms with Gasteiger partial charge < -0.3 is 14.8 Å². The monoisotopic (exact) mass is 344 g/mol. The molecule has 3 rings (SSSR count). The third kappa shape index (κ3) is 4.42. The summed E-state index contributed by atoms with van der Waals surface area (Å²) in [5.74, 6) is -1.04. The van der Waals surface area contributed by atoms with Gasteiger partial charge in [0.25, 0.3) is 5.91 Å². The van der Waals surface area contributed by atoms with Crippen LogP contribution >= 0.6 is 0 Å². The molecule has 1 aliphatic heterocycles. The number of rotatable bonds is 6. The van der Waals surface area contributed by atoms with Crippen molar-refractivity contribution in [2.45, 2.75) is 25.9 Å². The third-order valence-electron chi connectivity index (χ3n) is 3.85. The van der Waals surface area contributed by atoms with Crippen molar-refractivity contribution in [3.8, 4) is 5.69 Å². The Morgan fingerprint density at radius 1 is 1.32 bits per heavy atom. The smallest absolute Gasteiger partial charge is 0.361 e. The predicted octanol–water partition coefficient (Wildman–Crippen LogP) is 1.03. The van der Waals surface area contributed by atoms with Crippen LogP contribution in [0, 0.1) is 6.92 Å². The van der Waals surface area contributed by atoms with Crippen molar-refractivity contribution in [1.29, 1.82) is 0 Å². The molecule has 0 bridgehead atoms. The van der Waals surface area contributed by atoms with E-state index in [1.807, 2.05) is 30.3 Å². The lowest BCUT2D eigenvalue weighted by molar-refractivity contribution is -0.124. The van der Waals surface area contributed by atoms with Gasteiger partial charge in [-0.25, -0.2) is 4.79 Å². The van der Waals surface area contributed by atoms with E-state index >= 15 is 0 Å². The van der Waals surface area contributed by atoms with Crippen molar-refractivity contribution in [3.05, 3.63) is 41.7 Å². The number of hydrogen-bond acceptors (Lipinski definition) is 6. The number of aryl methyl sites for hydroxylation is 1. The summed E-state index contributed by atoms with van der Waals surface area (Å²) in [5.41, 5.74) is 1.27. The Kier molecular flexibility index (Phi) is 5.39. The SMILES string of the molecule is Cc1nn(-c2ccccc2)nc1C(=O)OCC(=O)NC[C@H]1CCCO1. The Balaban J connectivity index is 1.52. The number of ether oxygens (including phenoxy) is 2. The maximum absolute atomic E-state index is 12.1. The van der Waals surface area contributed by atoms with Gasteiger partial charge >= 0.3 is 5.97 Å². The first-order chi connectivity index (χ1) is 12.1. The van der Waals surface area contributed by atoms with Gasteiger partial charge in [-0.05, 0) is 31.9 Å². The number of benzene rings is 1. The maximum Gasteiger partial charge on any atom is 0.361 e. The van der Waals surface area contributed by atoms with Crippen LogP contribution in [-0.4, -0.2) is 52.7 Å². The molecule has 1 N–H and O–H groups in total. The second kappa shape index (κ2) is 7.89. The molecule has 1 fully saturated rings. The highest BCUT2D eigenvalue weighted by Crippen LogP contribution is 2.11. The molecule has 8 nitrogen and oxygen atoms in total. The first-order valence-corrected chi connectivity index (χ1v) is 8.18. The van der Waals surface area contributed by atoms with Gasteiger partial charge in [0.2, 0.25) is 0 Å². The first kappa shape index (κ1) is 17.1. The fraction of sp³-hybridized carbons (Fsp3) is 0.412. The van der Waals surface area contributed by atoms with E-state index < -0.39 is 5.97 Å². The molecule has 2 heterocycles. The van der Waals surface area contributed by atoms with Crippen molar-refractivity contribution in [1.82, 2.24) is 20.3 Å². The number of esters is 1. The van der Waals surface area contributed by atoms with Gasteiger partial charge in [-0.1, -0.05) is 18.2 Å². The van der Waals surface area contributed by atoms with E-state index in [0.717, 1.165) is 25.1 Å². The summed E-state index contributed by atoms with van der Waals surface area (Å²) in [6.07, 6.45) is 1.99. The van der Waals surface area contributed by atoms with Crippen molar-refractivity contribution in [2.24, 2.45) is 0 Å². The number of carbonyl (C=O) groups is 2. The number of nitrogens with zero attached hydrogens (tertiary/aromatic N) is 3. The molecule has 1 amide bonds. The van der Waals surface area contributed by atoms with E-state index in [1.165, 1.54) is 4.80 Å². The van der Waals surface area contributed by atoms with Gasteiger partial charge in [0, 0.05) is 13.2 Å². The van der Waals surface area contributed by atoms with E-state index in [0.29, 0.717) is 12.2 Å². The molecule has 8 heteroatoms. The molecule has 1 aliphatic rings. The Hall–Kier alpha value is -2.74. The summed E-state index contributed by atoms with van der Waals surface area (Å²) in [6.45, 7) is 2.47. The molecule has 25 heavy (non-hydrogen) atoms. The average Bonchev–Trinajstić information content (AvgIpc) is 3.28. The quantitative estimate of drug-likeness (QED) is 0.787. The lowest BCUT2D eigenvalue weighted by Gasteiger charge is -2.10. The molecule has 0 unspecified atom stereocenters. The molecule has 1 atom stereocenters. The molecule has 132 valence electrons. The van der Waals surface area contributed by atoms with Crippen molar-refractivity contribution >= 4 is 11.9 Å². The summed E-state index contributed by atoms with van der Waals surface area (Å²) < 4.78 is 10.4. The molecule has 0 radical (unpaired) electrons. The summed E-state index contributed by atoms with van der Waals surface area (Å²) in [7, 11) is 0. The second-order valence-electron chi connectivity index (χ2n) is 5.77. The van der Waals surface area contributed by atoms with Crippen LogP contribution in [-0.2, 0) is 14.3 Å². The minimum absolute atomic E-state index is 0.0488.